The lowest BCUT2D eigenvalue weighted by molar-refractivity contribution is -0.123. The Morgan fingerprint density at radius 2 is 1.88 bits per heavy atom. The largest absolute Gasteiger partial charge is 0.370 e. The fourth-order valence-corrected chi connectivity index (χ4v) is 1.41. The Morgan fingerprint density at radius 1 is 1.31 bits per heavy atom. The summed E-state index contributed by atoms with van der Waals surface area (Å²) in [6, 6.07) is 9.33. The van der Waals surface area contributed by atoms with Crippen LogP contribution in [0.3, 0.4) is 0 Å². The van der Waals surface area contributed by atoms with Gasteiger partial charge in [0, 0.05) is 0 Å². The SMILES string of the molecule is O=C(Cc1ccccc1)NC(O)C(Br)(Br)Br. The number of amides is 1. The molecule has 0 bridgehead atoms. The second kappa shape index (κ2) is 6.14. The van der Waals surface area contributed by atoms with E-state index in [1.165, 1.54) is 0 Å². The molecule has 0 aliphatic rings. The fourth-order valence-electron chi connectivity index (χ4n) is 1.07. The second-order valence-electron chi connectivity index (χ2n) is 3.17. The Morgan fingerprint density at radius 3 is 2.38 bits per heavy atom. The fraction of sp³-hybridized carbons (Fsp3) is 0.300. The van der Waals surface area contributed by atoms with Gasteiger partial charge in [-0.3, -0.25) is 4.79 Å². The van der Waals surface area contributed by atoms with Gasteiger partial charge in [-0.2, -0.15) is 0 Å². The van der Waals surface area contributed by atoms with Crippen LogP contribution in [-0.2, 0) is 11.2 Å². The maximum absolute atomic E-state index is 11.5. The molecular formula is C10H10Br3NO2. The first-order chi connectivity index (χ1) is 7.39. The number of carbonyl (C=O) groups is 1. The first-order valence-corrected chi connectivity index (χ1v) is 6.85. The summed E-state index contributed by atoms with van der Waals surface area (Å²) in [5, 5.41) is 12.0. The third-order valence-electron chi connectivity index (χ3n) is 1.82. The van der Waals surface area contributed by atoms with Gasteiger partial charge in [0.1, 0.15) is 0 Å². The molecule has 88 valence electrons. The number of hydrogen-bond acceptors (Lipinski definition) is 2. The summed E-state index contributed by atoms with van der Waals surface area (Å²) in [4.78, 5) is 11.5. The van der Waals surface area contributed by atoms with Crippen molar-refractivity contribution in [1.82, 2.24) is 5.32 Å². The van der Waals surface area contributed by atoms with Crippen LogP contribution in [-0.4, -0.2) is 19.4 Å². The molecule has 0 aliphatic carbocycles. The summed E-state index contributed by atoms with van der Waals surface area (Å²) in [6.45, 7) is 0. The van der Waals surface area contributed by atoms with Crippen LogP contribution in [0.15, 0.2) is 30.3 Å². The highest BCUT2D eigenvalue weighted by Gasteiger charge is 2.30. The minimum Gasteiger partial charge on any atom is -0.370 e. The highest BCUT2D eigenvalue weighted by Crippen LogP contribution is 2.35. The summed E-state index contributed by atoms with van der Waals surface area (Å²) in [5.74, 6) is -0.249. The number of nitrogens with one attached hydrogen (secondary N) is 1. The molecule has 16 heavy (non-hydrogen) atoms. The molecule has 0 saturated carbocycles. The van der Waals surface area contributed by atoms with Crippen molar-refractivity contribution in [3.8, 4) is 0 Å². The number of rotatable bonds is 3. The molecule has 3 nitrogen and oxygen atoms in total. The summed E-state index contributed by atoms with van der Waals surface area (Å²) in [7, 11) is 0. The van der Waals surface area contributed by atoms with Gasteiger partial charge < -0.3 is 10.4 Å². The lowest BCUT2D eigenvalue weighted by Crippen LogP contribution is -2.43. The third kappa shape index (κ3) is 4.95. The molecule has 1 rings (SSSR count). The van der Waals surface area contributed by atoms with Gasteiger partial charge in [0.2, 0.25) is 5.91 Å². The minimum absolute atomic E-state index is 0.237. The van der Waals surface area contributed by atoms with E-state index in [0.29, 0.717) is 0 Å². The van der Waals surface area contributed by atoms with Gasteiger partial charge in [-0.15, -0.1) is 0 Å². The van der Waals surface area contributed by atoms with Gasteiger partial charge in [0.05, 0.1) is 6.42 Å². The zero-order valence-electron chi connectivity index (χ0n) is 8.16. The van der Waals surface area contributed by atoms with Gasteiger partial charge in [-0.05, 0) is 5.56 Å². The molecule has 0 aromatic heterocycles. The van der Waals surface area contributed by atoms with Crippen molar-refractivity contribution in [2.75, 3.05) is 0 Å². The Hall–Kier alpha value is 0.0900. The molecular weight excluding hydrogens is 406 g/mol. The number of benzene rings is 1. The minimum atomic E-state index is -1.07. The maximum atomic E-state index is 11.5. The van der Waals surface area contributed by atoms with Gasteiger partial charge in [0.15, 0.2) is 8.37 Å². The van der Waals surface area contributed by atoms with Crippen LogP contribution in [0.1, 0.15) is 5.56 Å². The molecule has 1 unspecified atom stereocenters. The zero-order valence-corrected chi connectivity index (χ0v) is 12.9. The van der Waals surface area contributed by atoms with Crippen LogP contribution in [0.5, 0.6) is 0 Å². The quantitative estimate of drug-likeness (QED) is 0.588. The van der Waals surface area contributed by atoms with E-state index in [9.17, 15) is 9.90 Å². The Labute approximate surface area is 119 Å². The molecule has 2 N–H and O–H groups in total. The lowest BCUT2D eigenvalue weighted by atomic mass is 10.1. The molecule has 0 radical (unpaired) electrons. The summed E-state index contributed by atoms with van der Waals surface area (Å²) < 4.78 is -0.903. The van der Waals surface area contributed by atoms with Crippen molar-refractivity contribution in [3.05, 3.63) is 35.9 Å². The Kier molecular flexibility index (Phi) is 5.43. The summed E-state index contributed by atoms with van der Waals surface area (Å²) >= 11 is 9.38. The third-order valence-corrected chi connectivity index (χ3v) is 3.12. The number of hydrogen-bond donors (Lipinski definition) is 2. The highest BCUT2D eigenvalue weighted by molar-refractivity contribution is 9.39. The monoisotopic (exact) mass is 413 g/mol. The van der Waals surface area contributed by atoms with Crippen molar-refractivity contribution in [1.29, 1.82) is 0 Å². The van der Waals surface area contributed by atoms with Crippen LogP contribution in [0, 0.1) is 0 Å². The van der Waals surface area contributed by atoms with E-state index < -0.39 is 8.37 Å². The first kappa shape index (κ1) is 14.2. The van der Waals surface area contributed by atoms with Crippen molar-refractivity contribution in [3.63, 3.8) is 0 Å². The molecule has 0 fully saturated rings. The van der Waals surface area contributed by atoms with Gasteiger partial charge in [0.25, 0.3) is 0 Å². The number of aliphatic hydroxyl groups is 1. The summed E-state index contributed by atoms with van der Waals surface area (Å²) in [5.41, 5.74) is 0.900. The van der Waals surface area contributed by atoms with E-state index in [4.69, 9.17) is 0 Å². The Bertz CT molecular complexity index is 351. The van der Waals surface area contributed by atoms with Gasteiger partial charge >= 0.3 is 0 Å². The number of halogens is 3. The van der Waals surface area contributed by atoms with E-state index >= 15 is 0 Å². The normalized spacial score (nSPS) is 13.2. The molecule has 1 aromatic rings. The van der Waals surface area contributed by atoms with E-state index in [1.54, 1.807) is 0 Å². The molecule has 0 aliphatic heterocycles. The molecule has 1 aromatic carbocycles. The predicted molar refractivity (Wildman–Crippen MR) is 73.8 cm³/mol. The Balaban J connectivity index is 2.49. The zero-order chi connectivity index (χ0) is 12.2. The van der Waals surface area contributed by atoms with Crippen LogP contribution >= 0.6 is 47.8 Å². The van der Waals surface area contributed by atoms with Crippen molar-refractivity contribution in [2.45, 2.75) is 14.8 Å². The molecule has 0 spiro atoms. The molecule has 1 amide bonds. The molecule has 1 atom stereocenters. The van der Waals surface area contributed by atoms with Crippen LogP contribution < -0.4 is 5.32 Å². The van der Waals surface area contributed by atoms with Gasteiger partial charge in [-0.25, -0.2) is 0 Å². The number of aliphatic hydroxyl groups excluding tert-OH is 1. The lowest BCUT2D eigenvalue weighted by Gasteiger charge is -2.21. The van der Waals surface area contributed by atoms with Crippen LogP contribution in [0.25, 0.3) is 0 Å². The topological polar surface area (TPSA) is 49.3 Å². The van der Waals surface area contributed by atoms with E-state index in [-0.39, 0.29) is 12.3 Å². The predicted octanol–water partition coefficient (Wildman–Crippen LogP) is 2.50. The number of carbonyl (C=O) groups excluding carboxylic acids is 1. The van der Waals surface area contributed by atoms with Crippen LogP contribution in [0.2, 0.25) is 0 Å². The van der Waals surface area contributed by atoms with Crippen molar-refractivity contribution < 1.29 is 9.90 Å². The smallest absolute Gasteiger partial charge is 0.226 e. The van der Waals surface area contributed by atoms with E-state index in [0.717, 1.165) is 5.56 Å². The second-order valence-corrected chi connectivity index (χ2v) is 10.1. The maximum Gasteiger partial charge on any atom is 0.226 e. The first-order valence-electron chi connectivity index (χ1n) is 4.47. The molecule has 0 saturated heterocycles. The van der Waals surface area contributed by atoms with E-state index in [2.05, 4.69) is 53.1 Å². The van der Waals surface area contributed by atoms with Crippen molar-refractivity contribution >= 4 is 53.7 Å². The standard InChI is InChI=1S/C10H10Br3NO2/c11-10(12,13)9(16)14-8(15)6-7-4-2-1-3-5-7/h1-5,9,16H,6H2,(H,14,15). The number of alkyl halides is 3. The van der Waals surface area contributed by atoms with Crippen LogP contribution in [0.4, 0.5) is 0 Å². The average Bonchev–Trinajstić information content (AvgIpc) is 2.17. The molecule has 6 heteroatoms. The van der Waals surface area contributed by atoms with Crippen molar-refractivity contribution in [2.24, 2.45) is 0 Å². The summed E-state index contributed by atoms with van der Waals surface area (Å²) in [6.07, 6.45) is -0.829. The highest BCUT2D eigenvalue weighted by atomic mass is 80.0. The van der Waals surface area contributed by atoms with E-state index in [1.807, 2.05) is 30.3 Å². The molecule has 0 heterocycles. The van der Waals surface area contributed by atoms with Gasteiger partial charge in [-0.1, -0.05) is 78.1 Å². The average molecular weight is 416 g/mol.